The number of pyridine rings is 1. The van der Waals surface area contributed by atoms with Gasteiger partial charge in [0.2, 0.25) is 6.79 Å². The summed E-state index contributed by atoms with van der Waals surface area (Å²) < 4.78 is 18.3. The number of aromatic nitrogens is 1. The van der Waals surface area contributed by atoms with Crippen LogP contribution in [0.25, 0.3) is 6.08 Å². The first-order valence-corrected chi connectivity index (χ1v) is 8.57. The number of esters is 1. The fourth-order valence-electron chi connectivity index (χ4n) is 2.61. The normalized spacial score (nSPS) is 14.5. The van der Waals surface area contributed by atoms with E-state index in [1.165, 1.54) is 0 Å². The third-order valence-corrected chi connectivity index (χ3v) is 4.12. The zero-order chi connectivity index (χ0) is 18.7. The molecule has 1 aliphatic heterocycles. The molecule has 1 aromatic carbocycles. The average molecular weight is 354 g/mol. The Morgan fingerprint density at radius 3 is 2.73 bits per heavy atom. The quantitative estimate of drug-likeness (QED) is 0.623. The van der Waals surface area contributed by atoms with Gasteiger partial charge in [-0.25, -0.2) is 9.36 Å². The monoisotopic (exact) mass is 354 g/mol. The van der Waals surface area contributed by atoms with Crippen molar-refractivity contribution < 1.29 is 23.6 Å². The molecule has 0 radical (unpaired) electrons. The molecule has 2 aromatic rings. The molecule has 1 atom stereocenters. The molecule has 0 amide bonds. The fraction of sp³-hybridized carbons (Fsp3) is 0.333. The molecule has 1 aromatic heterocycles. The Morgan fingerprint density at radius 1 is 1.23 bits per heavy atom. The van der Waals surface area contributed by atoms with E-state index in [9.17, 15) is 4.79 Å². The summed E-state index contributed by atoms with van der Waals surface area (Å²) in [5.41, 5.74) is 1.26. The first kappa shape index (κ1) is 18.0. The van der Waals surface area contributed by atoms with E-state index in [4.69, 9.17) is 14.2 Å². The zero-order valence-electron chi connectivity index (χ0n) is 15.6. The van der Waals surface area contributed by atoms with Crippen LogP contribution in [0.3, 0.4) is 0 Å². The summed E-state index contributed by atoms with van der Waals surface area (Å²) in [6, 6.07) is 9.32. The van der Waals surface area contributed by atoms with Gasteiger partial charge in [0.25, 0.3) is 0 Å². The van der Waals surface area contributed by atoms with Crippen molar-refractivity contribution in [1.82, 2.24) is 0 Å². The molecule has 0 spiro atoms. The largest absolute Gasteiger partial charge is 0.454 e. The van der Waals surface area contributed by atoms with E-state index in [0.717, 1.165) is 17.1 Å². The minimum Gasteiger partial charge on any atom is -0.454 e. The summed E-state index contributed by atoms with van der Waals surface area (Å²) in [4.78, 5) is 12.5. The number of aryl methyl sites for hydroxylation is 1. The number of benzene rings is 1. The molecular formula is C21H24NO4+. The minimum atomic E-state index is -0.370. The standard InChI is InChI=1S/C21H24NO4/c1-21(2,3)19(26-20(23)16-6-5-11-22(4)13-16)10-8-15-7-9-17-18(12-15)25-14-24-17/h5-13,19H,14H2,1-4H3/q+1/b10-8+. The van der Waals surface area contributed by atoms with Crippen LogP contribution in [0.15, 0.2) is 48.8 Å². The van der Waals surface area contributed by atoms with Gasteiger partial charge in [-0.1, -0.05) is 32.9 Å². The van der Waals surface area contributed by atoms with E-state index in [0.29, 0.717) is 5.56 Å². The number of hydrogen-bond donors (Lipinski definition) is 0. The molecule has 136 valence electrons. The second kappa shape index (κ2) is 7.20. The SMILES string of the molecule is C[n+]1cccc(C(=O)OC(/C=C/c2ccc3c(c2)OCO3)C(C)(C)C)c1. The number of ether oxygens (including phenoxy) is 3. The van der Waals surface area contributed by atoms with Gasteiger partial charge in [0.05, 0.1) is 0 Å². The predicted octanol–water partition coefficient (Wildman–Crippen LogP) is 3.52. The minimum absolute atomic E-state index is 0.237. The Kier molecular flexibility index (Phi) is 4.98. The van der Waals surface area contributed by atoms with E-state index in [1.54, 1.807) is 12.3 Å². The first-order valence-electron chi connectivity index (χ1n) is 8.57. The highest BCUT2D eigenvalue weighted by Crippen LogP contribution is 2.33. The molecule has 2 heterocycles. The summed E-state index contributed by atoms with van der Waals surface area (Å²) >= 11 is 0. The van der Waals surface area contributed by atoms with Crippen LogP contribution in [-0.4, -0.2) is 18.9 Å². The van der Waals surface area contributed by atoms with Crippen molar-refractivity contribution in [3.8, 4) is 11.5 Å². The van der Waals surface area contributed by atoms with E-state index < -0.39 is 0 Å². The van der Waals surface area contributed by atoms with Crippen LogP contribution < -0.4 is 14.0 Å². The topological polar surface area (TPSA) is 48.6 Å². The Hall–Kier alpha value is -2.82. The van der Waals surface area contributed by atoms with Gasteiger partial charge in [-0.3, -0.25) is 0 Å². The Morgan fingerprint density at radius 2 is 2.00 bits per heavy atom. The van der Waals surface area contributed by atoms with Crippen LogP contribution in [0.2, 0.25) is 0 Å². The molecule has 0 fully saturated rings. The smallest absolute Gasteiger partial charge is 0.344 e. The van der Waals surface area contributed by atoms with Crippen molar-refractivity contribution >= 4 is 12.0 Å². The number of hydrogen-bond acceptors (Lipinski definition) is 4. The van der Waals surface area contributed by atoms with Crippen molar-refractivity contribution in [3.05, 3.63) is 59.9 Å². The molecule has 1 unspecified atom stereocenters. The van der Waals surface area contributed by atoms with Gasteiger partial charge in [0.15, 0.2) is 23.9 Å². The van der Waals surface area contributed by atoms with Crippen LogP contribution >= 0.6 is 0 Å². The molecule has 0 aliphatic carbocycles. The lowest BCUT2D eigenvalue weighted by Gasteiger charge is -2.27. The van der Waals surface area contributed by atoms with Crippen LogP contribution in [0, 0.1) is 5.41 Å². The van der Waals surface area contributed by atoms with Gasteiger partial charge < -0.3 is 14.2 Å². The summed E-state index contributed by atoms with van der Waals surface area (Å²) in [7, 11) is 1.87. The predicted molar refractivity (Wildman–Crippen MR) is 97.9 cm³/mol. The lowest BCUT2D eigenvalue weighted by atomic mass is 9.88. The highest BCUT2D eigenvalue weighted by atomic mass is 16.7. The summed E-state index contributed by atoms with van der Waals surface area (Å²) in [5, 5.41) is 0. The fourth-order valence-corrected chi connectivity index (χ4v) is 2.61. The van der Waals surface area contributed by atoms with Gasteiger partial charge in [-0.2, -0.15) is 0 Å². The van der Waals surface area contributed by atoms with Crippen molar-refractivity contribution in [2.24, 2.45) is 12.5 Å². The average Bonchev–Trinajstić information content (AvgIpc) is 3.05. The van der Waals surface area contributed by atoms with Crippen LogP contribution in [0.1, 0.15) is 36.7 Å². The zero-order valence-corrected chi connectivity index (χ0v) is 15.6. The Bertz CT molecular complexity index is 836. The van der Waals surface area contributed by atoms with Gasteiger partial charge in [0, 0.05) is 11.5 Å². The summed E-state index contributed by atoms with van der Waals surface area (Å²) in [6.07, 6.45) is 7.11. The van der Waals surface area contributed by atoms with Crippen molar-refractivity contribution in [2.75, 3.05) is 6.79 Å². The highest BCUT2D eigenvalue weighted by molar-refractivity contribution is 5.89. The molecule has 5 heteroatoms. The van der Waals surface area contributed by atoms with E-state index in [1.807, 2.05) is 75.0 Å². The Labute approximate surface area is 153 Å². The lowest BCUT2D eigenvalue weighted by molar-refractivity contribution is -0.671. The van der Waals surface area contributed by atoms with Crippen molar-refractivity contribution in [2.45, 2.75) is 26.9 Å². The summed E-state index contributed by atoms with van der Waals surface area (Å²) in [5.74, 6) is 1.14. The molecular weight excluding hydrogens is 330 g/mol. The van der Waals surface area contributed by atoms with Gasteiger partial charge in [-0.15, -0.1) is 0 Å². The van der Waals surface area contributed by atoms with E-state index in [2.05, 4.69) is 0 Å². The van der Waals surface area contributed by atoms with Crippen molar-refractivity contribution in [1.29, 1.82) is 0 Å². The van der Waals surface area contributed by atoms with Gasteiger partial charge >= 0.3 is 5.97 Å². The number of rotatable bonds is 4. The molecule has 5 nitrogen and oxygen atoms in total. The van der Waals surface area contributed by atoms with Crippen molar-refractivity contribution in [3.63, 3.8) is 0 Å². The number of carbonyl (C=O) groups is 1. The van der Waals surface area contributed by atoms with Gasteiger partial charge in [0.1, 0.15) is 18.7 Å². The molecule has 0 saturated carbocycles. The maximum absolute atomic E-state index is 12.5. The van der Waals surface area contributed by atoms with Crippen LogP contribution in [0.4, 0.5) is 0 Å². The van der Waals surface area contributed by atoms with Crippen LogP contribution in [-0.2, 0) is 11.8 Å². The first-order chi connectivity index (χ1) is 12.3. The molecule has 3 rings (SSSR count). The van der Waals surface area contributed by atoms with E-state index >= 15 is 0 Å². The molecule has 1 aliphatic rings. The molecule has 0 saturated heterocycles. The molecule has 0 N–H and O–H groups in total. The number of nitrogens with zero attached hydrogens (tertiary/aromatic N) is 1. The third-order valence-electron chi connectivity index (χ3n) is 4.12. The number of carbonyl (C=O) groups excluding carboxylic acids is 1. The second-order valence-electron chi connectivity index (χ2n) is 7.42. The summed E-state index contributed by atoms with van der Waals surface area (Å²) in [6.45, 7) is 6.37. The highest BCUT2D eigenvalue weighted by Gasteiger charge is 2.27. The van der Waals surface area contributed by atoms with Gasteiger partial charge in [-0.05, 0) is 29.8 Å². The maximum atomic E-state index is 12.5. The second-order valence-corrected chi connectivity index (χ2v) is 7.42. The maximum Gasteiger partial charge on any atom is 0.344 e. The van der Waals surface area contributed by atoms with E-state index in [-0.39, 0.29) is 24.3 Å². The number of fused-ring (bicyclic) bond motifs is 1. The molecule has 26 heavy (non-hydrogen) atoms. The Balaban J connectivity index is 1.77. The van der Waals surface area contributed by atoms with Crippen LogP contribution in [0.5, 0.6) is 11.5 Å². The lowest BCUT2D eigenvalue weighted by Crippen LogP contribution is -2.32. The molecule has 0 bridgehead atoms. The third kappa shape index (κ3) is 4.23.